The molecule has 1 aliphatic heterocycles. The minimum Gasteiger partial charge on any atom is -0.495 e. The van der Waals surface area contributed by atoms with E-state index in [0.29, 0.717) is 35.9 Å². The predicted molar refractivity (Wildman–Crippen MR) is 125 cm³/mol. The first-order valence-electron chi connectivity index (χ1n) is 10.4. The Morgan fingerprint density at radius 1 is 1.16 bits per heavy atom. The van der Waals surface area contributed by atoms with Crippen molar-refractivity contribution in [1.82, 2.24) is 5.32 Å². The summed E-state index contributed by atoms with van der Waals surface area (Å²) in [4.78, 5) is 2.40. The van der Waals surface area contributed by atoms with Gasteiger partial charge in [0.1, 0.15) is 11.5 Å². The van der Waals surface area contributed by atoms with Gasteiger partial charge in [0.15, 0.2) is 0 Å². The molecule has 0 bridgehead atoms. The van der Waals surface area contributed by atoms with Crippen LogP contribution >= 0.6 is 0 Å². The monoisotopic (exact) mass is 445 g/mol. The van der Waals surface area contributed by atoms with Crippen LogP contribution in [0.25, 0.3) is 5.76 Å². The van der Waals surface area contributed by atoms with Crippen LogP contribution in [0.1, 0.15) is 26.3 Å². The van der Waals surface area contributed by atoms with Gasteiger partial charge in [-0.3, -0.25) is 4.72 Å². The van der Waals surface area contributed by atoms with Crippen LogP contribution in [-0.4, -0.2) is 47.3 Å². The summed E-state index contributed by atoms with van der Waals surface area (Å²) in [6, 6.07) is 12.7. The molecule has 1 saturated heterocycles. The first kappa shape index (κ1) is 23.0. The second-order valence-electron chi connectivity index (χ2n) is 7.74. The van der Waals surface area contributed by atoms with Crippen LogP contribution in [-0.2, 0) is 14.8 Å². The summed E-state index contributed by atoms with van der Waals surface area (Å²) in [6.45, 7) is 12.2. The van der Waals surface area contributed by atoms with Gasteiger partial charge in [0.2, 0.25) is 0 Å². The molecule has 31 heavy (non-hydrogen) atoms. The fraction of sp³-hybridized carbons (Fsp3) is 0.391. The van der Waals surface area contributed by atoms with E-state index < -0.39 is 10.0 Å². The maximum Gasteiger partial charge on any atom is 0.262 e. The number of ether oxygens (including phenoxy) is 2. The lowest BCUT2D eigenvalue weighted by molar-refractivity contribution is 0.299. The van der Waals surface area contributed by atoms with Crippen LogP contribution in [0.2, 0.25) is 0 Å². The second-order valence-corrected chi connectivity index (χ2v) is 9.43. The summed E-state index contributed by atoms with van der Waals surface area (Å²) < 4.78 is 39.5. The number of nitrogens with one attached hydrogen (secondary N) is 2. The van der Waals surface area contributed by atoms with E-state index in [2.05, 4.69) is 35.4 Å². The number of anilines is 2. The van der Waals surface area contributed by atoms with Crippen molar-refractivity contribution in [2.24, 2.45) is 0 Å². The van der Waals surface area contributed by atoms with Gasteiger partial charge in [-0.15, -0.1) is 0 Å². The van der Waals surface area contributed by atoms with Gasteiger partial charge < -0.3 is 19.7 Å². The van der Waals surface area contributed by atoms with Gasteiger partial charge in [-0.05, 0) is 63.2 Å². The lowest BCUT2D eigenvalue weighted by atomic mass is 10.1. The maximum absolute atomic E-state index is 13.0. The summed E-state index contributed by atoms with van der Waals surface area (Å²) in [5.74, 6) is 0.971. The lowest BCUT2D eigenvalue weighted by Gasteiger charge is -2.38. The molecule has 2 aromatic rings. The molecule has 0 unspecified atom stereocenters. The Bertz CT molecular complexity index is 1010. The van der Waals surface area contributed by atoms with Gasteiger partial charge in [0.05, 0.1) is 24.3 Å². The Labute approximate surface area is 185 Å². The fourth-order valence-electron chi connectivity index (χ4n) is 3.79. The topological polar surface area (TPSA) is 79.9 Å². The molecule has 1 aliphatic rings. The number of sulfonamides is 1. The number of hydrogen-bond acceptors (Lipinski definition) is 6. The molecular weight excluding hydrogens is 414 g/mol. The molecule has 0 amide bonds. The molecular formula is C23H31N3O4S. The summed E-state index contributed by atoms with van der Waals surface area (Å²) in [5.41, 5.74) is 2.09. The first-order valence-corrected chi connectivity index (χ1v) is 11.9. The third kappa shape index (κ3) is 5.51. The highest BCUT2D eigenvalue weighted by molar-refractivity contribution is 7.92. The van der Waals surface area contributed by atoms with Crippen molar-refractivity contribution in [2.45, 2.75) is 37.8 Å². The smallest absolute Gasteiger partial charge is 0.262 e. The Morgan fingerprint density at radius 2 is 1.81 bits per heavy atom. The highest BCUT2D eigenvalue weighted by atomic mass is 32.2. The maximum atomic E-state index is 13.0. The van der Waals surface area contributed by atoms with Gasteiger partial charge in [-0.1, -0.05) is 6.58 Å². The lowest BCUT2D eigenvalue weighted by Crippen LogP contribution is -2.54. The normalized spacial score (nSPS) is 19.0. The van der Waals surface area contributed by atoms with E-state index in [1.807, 2.05) is 19.1 Å². The number of benzene rings is 2. The van der Waals surface area contributed by atoms with Crippen molar-refractivity contribution in [3.05, 3.63) is 54.6 Å². The third-order valence-electron chi connectivity index (χ3n) is 5.16. The molecule has 168 valence electrons. The Kier molecular flexibility index (Phi) is 7.12. The zero-order valence-electron chi connectivity index (χ0n) is 18.5. The van der Waals surface area contributed by atoms with Crippen molar-refractivity contribution >= 4 is 27.2 Å². The molecule has 2 atom stereocenters. The molecule has 0 aromatic heterocycles. The highest BCUT2D eigenvalue weighted by Crippen LogP contribution is 2.32. The average Bonchev–Trinajstić information content (AvgIpc) is 2.73. The number of piperazine rings is 1. The van der Waals surface area contributed by atoms with Crippen molar-refractivity contribution in [2.75, 3.05) is 36.4 Å². The van der Waals surface area contributed by atoms with E-state index in [9.17, 15) is 8.42 Å². The largest absolute Gasteiger partial charge is 0.495 e. The molecule has 0 spiro atoms. The molecule has 0 saturated carbocycles. The van der Waals surface area contributed by atoms with Crippen LogP contribution in [0.3, 0.4) is 0 Å². The zero-order valence-corrected chi connectivity index (χ0v) is 19.3. The summed E-state index contributed by atoms with van der Waals surface area (Å²) >= 11 is 0. The van der Waals surface area contributed by atoms with E-state index in [1.54, 1.807) is 18.2 Å². The number of nitrogens with zero attached hydrogens (tertiary/aromatic N) is 1. The molecule has 2 N–H and O–H groups in total. The molecule has 1 heterocycles. The third-order valence-corrected chi connectivity index (χ3v) is 6.54. The van der Waals surface area contributed by atoms with Crippen LogP contribution in [0.5, 0.6) is 5.75 Å². The molecule has 1 fully saturated rings. The van der Waals surface area contributed by atoms with Gasteiger partial charge in [-0.25, -0.2) is 8.42 Å². The van der Waals surface area contributed by atoms with Crippen molar-refractivity contribution < 1.29 is 17.9 Å². The summed E-state index contributed by atoms with van der Waals surface area (Å²) in [5, 5.41) is 3.50. The summed E-state index contributed by atoms with van der Waals surface area (Å²) in [7, 11) is -2.28. The van der Waals surface area contributed by atoms with Crippen LogP contribution in [0, 0.1) is 0 Å². The van der Waals surface area contributed by atoms with E-state index in [4.69, 9.17) is 9.47 Å². The van der Waals surface area contributed by atoms with Crippen molar-refractivity contribution in [3.8, 4) is 5.75 Å². The van der Waals surface area contributed by atoms with Crippen molar-refractivity contribution in [1.29, 1.82) is 0 Å². The molecule has 0 radical (unpaired) electrons. The minimum absolute atomic E-state index is 0.150. The van der Waals surface area contributed by atoms with Crippen LogP contribution in [0.15, 0.2) is 53.9 Å². The van der Waals surface area contributed by atoms with Crippen LogP contribution < -0.4 is 19.7 Å². The average molecular weight is 446 g/mol. The Hall–Kier alpha value is -2.71. The van der Waals surface area contributed by atoms with Gasteiger partial charge in [0, 0.05) is 36.4 Å². The fourth-order valence-corrected chi connectivity index (χ4v) is 4.85. The highest BCUT2D eigenvalue weighted by Gasteiger charge is 2.23. The standard InChI is InChI=1S/C23H31N3O4S/c1-6-30-18(4)19-7-10-21(11-8-19)31(27,28)25-22-13-20(9-12-23(22)29-5)26-14-16(2)24-17(3)15-26/h7-13,16-17,24-25H,4,6,14-15H2,1-3,5H3/t16-,17+. The first-order chi connectivity index (χ1) is 14.7. The van der Waals surface area contributed by atoms with E-state index in [-0.39, 0.29) is 4.90 Å². The molecule has 7 nitrogen and oxygen atoms in total. The summed E-state index contributed by atoms with van der Waals surface area (Å²) in [6.07, 6.45) is 0. The Morgan fingerprint density at radius 3 is 2.39 bits per heavy atom. The minimum atomic E-state index is -3.80. The molecule has 0 aliphatic carbocycles. The van der Waals surface area contributed by atoms with E-state index in [0.717, 1.165) is 24.3 Å². The van der Waals surface area contributed by atoms with E-state index >= 15 is 0 Å². The SMILES string of the molecule is C=C(OCC)c1ccc(S(=O)(=O)Nc2cc(N3C[C@@H](C)N[C@@H](C)C3)ccc2OC)cc1. The number of hydrogen-bond donors (Lipinski definition) is 2. The van der Waals surface area contributed by atoms with Gasteiger partial charge >= 0.3 is 0 Å². The predicted octanol–water partition coefficient (Wildman–Crippen LogP) is 3.69. The van der Waals surface area contributed by atoms with E-state index in [1.165, 1.54) is 19.2 Å². The van der Waals surface area contributed by atoms with Crippen LogP contribution in [0.4, 0.5) is 11.4 Å². The molecule has 2 aromatic carbocycles. The van der Waals surface area contributed by atoms with Gasteiger partial charge in [0.25, 0.3) is 10.0 Å². The number of methoxy groups -OCH3 is 1. The van der Waals surface area contributed by atoms with Crippen molar-refractivity contribution in [3.63, 3.8) is 0 Å². The molecule has 8 heteroatoms. The Balaban J connectivity index is 1.85. The second kappa shape index (κ2) is 9.62. The number of rotatable bonds is 8. The zero-order chi connectivity index (χ0) is 22.6. The quantitative estimate of drug-likeness (QED) is 0.604. The van der Waals surface area contributed by atoms with Gasteiger partial charge in [-0.2, -0.15) is 0 Å². The molecule has 3 rings (SSSR count).